The zero-order valence-electron chi connectivity index (χ0n) is 22.2. The van der Waals surface area contributed by atoms with Crippen molar-refractivity contribution in [1.82, 2.24) is 9.97 Å². The third-order valence-electron chi connectivity index (χ3n) is 6.67. The molecule has 2 aromatic carbocycles. The van der Waals surface area contributed by atoms with E-state index in [1.54, 1.807) is 0 Å². The second-order valence-electron chi connectivity index (χ2n) is 9.79. The van der Waals surface area contributed by atoms with Crippen molar-refractivity contribution in [3.8, 4) is 28.3 Å². The monoisotopic (exact) mass is 490 g/mol. The Kier molecular flexibility index (Phi) is 12.4. The summed E-state index contributed by atoms with van der Waals surface area (Å²) in [6, 6.07) is 16.3. The summed E-state index contributed by atoms with van der Waals surface area (Å²) in [6.07, 6.45) is 16.7. The van der Waals surface area contributed by atoms with Gasteiger partial charge in [-0.3, -0.25) is 0 Å². The van der Waals surface area contributed by atoms with E-state index in [9.17, 15) is 4.39 Å². The molecular weight excluding hydrogens is 447 g/mol. The normalized spacial score (nSPS) is 12.0. The number of halogens is 1. The summed E-state index contributed by atoms with van der Waals surface area (Å²) in [5.41, 5.74) is 4.37. The van der Waals surface area contributed by atoms with Crippen LogP contribution in [0.15, 0.2) is 60.9 Å². The van der Waals surface area contributed by atoms with E-state index in [1.165, 1.54) is 56.9 Å². The Morgan fingerprint density at radius 1 is 0.667 bits per heavy atom. The number of nitrogens with zero attached hydrogens (tertiary/aromatic N) is 2. The molecule has 0 amide bonds. The summed E-state index contributed by atoms with van der Waals surface area (Å²) in [7, 11) is 0. The molecule has 1 atom stereocenters. The number of hydrogen-bond acceptors (Lipinski definition) is 3. The first-order valence-electron chi connectivity index (χ1n) is 14.0. The van der Waals surface area contributed by atoms with E-state index in [0.717, 1.165) is 41.8 Å². The highest BCUT2D eigenvalue weighted by atomic mass is 19.1. The van der Waals surface area contributed by atoms with Crippen molar-refractivity contribution in [1.29, 1.82) is 0 Å². The smallest absolute Gasteiger partial charge is 0.159 e. The Labute approximate surface area is 217 Å². The Bertz CT molecular complexity index is 971. The van der Waals surface area contributed by atoms with Gasteiger partial charge in [0.1, 0.15) is 18.5 Å². The molecular formula is C32H43FN2O. The number of alkyl halides is 1. The fraction of sp³-hybridized carbons (Fsp3) is 0.500. The summed E-state index contributed by atoms with van der Waals surface area (Å²) in [4.78, 5) is 9.18. The number of hydrogen-bond donors (Lipinski definition) is 0. The summed E-state index contributed by atoms with van der Waals surface area (Å²) in [6.45, 7) is 4.55. The molecule has 194 valence electrons. The molecule has 0 bridgehead atoms. The van der Waals surface area contributed by atoms with Crippen LogP contribution in [0.4, 0.5) is 4.39 Å². The molecule has 4 heteroatoms. The molecule has 0 radical (unpaired) electrons. The minimum Gasteiger partial charge on any atom is -0.491 e. The second kappa shape index (κ2) is 16.1. The van der Waals surface area contributed by atoms with Gasteiger partial charge in [-0.1, -0.05) is 108 Å². The predicted octanol–water partition coefficient (Wildman–Crippen LogP) is 9.40. The van der Waals surface area contributed by atoms with Crippen molar-refractivity contribution in [3.63, 3.8) is 0 Å². The van der Waals surface area contributed by atoms with Gasteiger partial charge >= 0.3 is 0 Å². The maximum atomic E-state index is 14.1. The van der Waals surface area contributed by atoms with Gasteiger partial charge in [0.05, 0.1) is 0 Å². The van der Waals surface area contributed by atoms with Gasteiger partial charge in [0.15, 0.2) is 5.82 Å². The van der Waals surface area contributed by atoms with Gasteiger partial charge in [-0.15, -0.1) is 0 Å². The average molecular weight is 491 g/mol. The average Bonchev–Trinajstić information content (AvgIpc) is 2.92. The van der Waals surface area contributed by atoms with Crippen LogP contribution in [0.5, 0.6) is 5.75 Å². The van der Waals surface area contributed by atoms with Crippen LogP contribution < -0.4 is 4.74 Å². The molecule has 3 nitrogen and oxygen atoms in total. The Hall–Kier alpha value is -2.75. The topological polar surface area (TPSA) is 35.0 Å². The van der Waals surface area contributed by atoms with Gasteiger partial charge in [-0.25, -0.2) is 14.4 Å². The molecule has 3 aromatic rings. The van der Waals surface area contributed by atoms with Crippen molar-refractivity contribution in [2.24, 2.45) is 0 Å². The highest BCUT2D eigenvalue weighted by Crippen LogP contribution is 2.24. The van der Waals surface area contributed by atoms with Crippen molar-refractivity contribution in [2.75, 3.05) is 6.61 Å². The third kappa shape index (κ3) is 9.72. The van der Waals surface area contributed by atoms with Crippen LogP contribution >= 0.6 is 0 Å². The molecule has 1 aromatic heterocycles. The minimum absolute atomic E-state index is 0.114. The van der Waals surface area contributed by atoms with Crippen molar-refractivity contribution < 1.29 is 9.13 Å². The summed E-state index contributed by atoms with van der Waals surface area (Å²) < 4.78 is 19.8. The molecule has 0 aliphatic heterocycles. The van der Waals surface area contributed by atoms with E-state index in [4.69, 9.17) is 4.74 Å². The molecule has 0 aliphatic carbocycles. The van der Waals surface area contributed by atoms with Crippen LogP contribution in [-0.4, -0.2) is 22.7 Å². The van der Waals surface area contributed by atoms with Crippen LogP contribution in [0, 0.1) is 0 Å². The van der Waals surface area contributed by atoms with E-state index >= 15 is 0 Å². The van der Waals surface area contributed by atoms with Crippen LogP contribution in [0.1, 0.15) is 90.0 Å². The molecule has 0 aliphatic rings. The van der Waals surface area contributed by atoms with Crippen molar-refractivity contribution in [3.05, 3.63) is 66.5 Å². The fourth-order valence-electron chi connectivity index (χ4n) is 4.36. The largest absolute Gasteiger partial charge is 0.491 e. The zero-order chi connectivity index (χ0) is 25.4. The Balaban J connectivity index is 1.45. The van der Waals surface area contributed by atoms with Crippen LogP contribution in [0.2, 0.25) is 0 Å². The number of rotatable bonds is 17. The van der Waals surface area contributed by atoms with Crippen molar-refractivity contribution >= 4 is 0 Å². The first-order chi connectivity index (χ1) is 17.7. The van der Waals surface area contributed by atoms with Gasteiger partial charge in [-0.05, 0) is 42.5 Å². The highest BCUT2D eigenvalue weighted by Gasteiger charge is 2.08. The molecule has 3 rings (SSSR count). The molecule has 0 saturated carbocycles. The van der Waals surface area contributed by atoms with Gasteiger partial charge in [-0.2, -0.15) is 0 Å². The van der Waals surface area contributed by atoms with Crippen molar-refractivity contribution in [2.45, 2.75) is 97.1 Å². The van der Waals surface area contributed by atoms with Crippen LogP contribution in [0.3, 0.4) is 0 Å². The number of ether oxygens (including phenoxy) is 1. The standard InChI is InChI=1S/C32H43FN2O/c1-3-5-7-9-11-13-26-15-17-28(18-16-26)32-34-23-29(24-35-32)27-19-21-31(22-20-27)36-25-30(33)14-12-10-8-6-4-2/h15-24,30H,3-14,25H2,1-2H3. The van der Waals surface area contributed by atoms with E-state index in [0.29, 0.717) is 12.2 Å². The lowest BCUT2D eigenvalue weighted by Gasteiger charge is -2.11. The van der Waals surface area contributed by atoms with Gasteiger partial charge in [0.25, 0.3) is 0 Å². The lowest BCUT2D eigenvalue weighted by molar-refractivity contribution is 0.184. The predicted molar refractivity (Wildman–Crippen MR) is 149 cm³/mol. The van der Waals surface area contributed by atoms with E-state index in [1.807, 2.05) is 36.7 Å². The molecule has 0 spiro atoms. The zero-order valence-corrected chi connectivity index (χ0v) is 22.2. The maximum absolute atomic E-state index is 14.1. The second-order valence-corrected chi connectivity index (χ2v) is 9.79. The first-order valence-corrected chi connectivity index (χ1v) is 14.0. The SMILES string of the molecule is CCCCCCCc1ccc(-c2ncc(-c3ccc(OCC(F)CCCCCCC)cc3)cn2)cc1. The Morgan fingerprint density at radius 2 is 1.25 bits per heavy atom. The number of aryl methyl sites for hydroxylation is 1. The molecule has 0 fully saturated rings. The summed E-state index contributed by atoms with van der Waals surface area (Å²) in [5.74, 6) is 1.42. The lowest BCUT2D eigenvalue weighted by atomic mass is 10.0. The van der Waals surface area contributed by atoms with Gasteiger partial charge in [0, 0.05) is 23.5 Å². The molecule has 0 saturated heterocycles. The lowest BCUT2D eigenvalue weighted by Crippen LogP contribution is -2.12. The summed E-state index contributed by atoms with van der Waals surface area (Å²) >= 11 is 0. The third-order valence-corrected chi connectivity index (χ3v) is 6.67. The van der Waals surface area contributed by atoms with E-state index in [-0.39, 0.29) is 6.61 Å². The molecule has 1 heterocycles. The van der Waals surface area contributed by atoms with Crippen LogP contribution in [0.25, 0.3) is 22.5 Å². The maximum Gasteiger partial charge on any atom is 0.159 e. The number of benzene rings is 2. The van der Waals surface area contributed by atoms with Gasteiger partial charge in [0.2, 0.25) is 0 Å². The van der Waals surface area contributed by atoms with E-state index in [2.05, 4.69) is 48.1 Å². The molecule has 0 N–H and O–H groups in total. The number of unbranched alkanes of at least 4 members (excludes halogenated alkanes) is 8. The van der Waals surface area contributed by atoms with Gasteiger partial charge < -0.3 is 4.74 Å². The Morgan fingerprint density at radius 3 is 1.89 bits per heavy atom. The molecule has 1 unspecified atom stereocenters. The highest BCUT2D eigenvalue weighted by molar-refractivity contribution is 5.64. The van der Waals surface area contributed by atoms with E-state index < -0.39 is 6.17 Å². The number of aromatic nitrogens is 2. The molecule has 36 heavy (non-hydrogen) atoms. The fourth-order valence-corrected chi connectivity index (χ4v) is 4.36. The summed E-state index contributed by atoms with van der Waals surface area (Å²) in [5, 5.41) is 0. The minimum atomic E-state index is -0.910. The first kappa shape index (κ1) is 27.8. The quantitative estimate of drug-likeness (QED) is 0.177. The van der Waals surface area contributed by atoms with Crippen LogP contribution in [-0.2, 0) is 6.42 Å².